The van der Waals surface area contributed by atoms with Gasteiger partial charge in [0, 0.05) is 5.54 Å². The Morgan fingerprint density at radius 3 is 2.57 bits per heavy atom. The minimum absolute atomic E-state index is 0.0317. The molecule has 1 saturated carbocycles. The minimum Gasteiger partial charge on any atom is -0.508 e. The molecule has 0 amide bonds. The summed E-state index contributed by atoms with van der Waals surface area (Å²) in [6.45, 7) is 4.12. The lowest BCUT2D eigenvalue weighted by atomic mass is 9.96. The summed E-state index contributed by atoms with van der Waals surface area (Å²) in [5.41, 5.74) is 9.46. The summed E-state index contributed by atoms with van der Waals surface area (Å²) in [4.78, 5) is 0. The van der Waals surface area contributed by atoms with Crippen LogP contribution in [0.5, 0.6) is 5.75 Å². The Hall–Kier alpha value is -1.02. The van der Waals surface area contributed by atoms with Gasteiger partial charge in [-0.25, -0.2) is 0 Å². The smallest absolute Gasteiger partial charge is 0.119 e. The van der Waals surface area contributed by atoms with Crippen LogP contribution < -0.4 is 5.73 Å². The van der Waals surface area contributed by atoms with Crippen LogP contribution in [0.3, 0.4) is 0 Å². The maximum Gasteiger partial charge on any atom is 0.119 e. The first-order valence-electron chi connectivity index (χ1n) is 5.09. The highest BCUT2D eigenvalue weighted by atomic mass is 16.3. The molecular weight excluding hydrogens is 174 g/mol. The number of aryl methyl sites for hydroxylation is 1. The Bertz CT molecular complexity index is 367. The van der Waals surface area contributed by atoms with E-state index in [0.29, 0.717) is 5.75 Å². The molecule has 1 aromatic rings. The van der Waals surface area contributed by atoms with Crippen molar-refractivity contribution < 1.29 is 5.11 Å². The Labute approximate surface area is 84.7 Å². The molecule has 0 spiro atoms. The molecule has 2 nitrogen and oxygen atoms in total. The standard InChI is InChI=1S/C12H17NO/c1-8-3-4-11(14)10(9(8)2)7-12(13)5-6-12/h3-4,14H,5-7,13H2,1-2H3. The van der Waals surface area contributed by atoms with Crippen molar-refractivity contribution >= 4 is 0 Å². The molecule has 76 valence electrons. The third-order valence-electron chi connectivity index (χ3n) is 3.27. The highest BCUT2D eigenvalue weighted by molar-refractivity contribution is 5.44. The molecule has 0 aliphatic heterocycles. The second-order valence-corrected chi connectivity index (χ2v) is 4.54. The van der Waals surface area contributed by atoms with E-state index in [1.807, 2.05) is 6.07 Å². The number of hydrogen-bond donors (Lipinski definition) is 2. The second kappa shape index (κ2) is 2.99. The van der Waals surface area contributed by atoms with E-state index in [-0.39, 0.29) is 5.54 Å². The third kappa shape index (κ3) is 1.62. The summed E-state index contributed by atoms with van der Waals surface area (Å²) in [6.07, 6.45) is 2.98. The van der Waals surface area contributed by atoms with Gasteiger partial charge in [-0.3, -0.25) is 0 Å². The van der Waals surface area contributed by atoms with E-state index < -0.39 is 0 Å². The third-order valence-corrected chi connectivity index (χ3v) is 3.27. The molecule has 3 N–H and O–H groups in total. The van der Waals surface area contributed by atoms with Gasteiger partial charge in [0.25, 0.3) is 0 Å². The average Bonchev–Trinajstić information content (AvgIpc) is 2.86. The van der Waals surface area contributed by atoms with Crippen LogP contribution in [0, 0.1) is 13.8 Å². The van der Waals surface area contributed by atoms with Crippen molar-refractivity contribution in [1.82, 2.24) is 0 Å². The number of phenols is 1. The summed E-state index contributed by atoms with van der Waals surface area (Å²) in [6, 6.07) is 3.72. The van der Waals surface area contributed by atoms with Crippen LogP contribution in [0.15, 0.2) is 12.1 Å². The number of rotatable bonds is 2. The largest absolute Gasteiger partial charge is 0.508 e. The molecule has 0 atom stereocenters. The summed E-state index contributed by atoms with van der Waals surface area (Å²) >= 11 is 0. The molecular formula is C12H17NO. The molecule has 0 bridgehead atoms. The fraction of sp³-hybridized carbons (Fsp3) is 0.500. The number of nitrogens with two attached hydrogens (primary N) is 1. The topological polar surface area (TPSA) is 46.2 Å². The lowest BCUT2D eigenvalue weighted by molar-refractivity contribution is 0.462. The summed E-state index contributed by atoms with van der Waals surface area (Å²) < 4.78 is 0. The molecule has 0 heterocycles. The minimum atomic E-state index is -0.0317. The lowest BCUT2D eigenvalue weighted by Crippen LogP contribution is -2.25. The number of phenolic OH excluding ortho intramolecular Hbond substituents is 1. The van der Waals surface area contributed by atoms with E-state index in [9.17, 15) is 5.11 Å². The first kappa shape index (κ1) is 9.53. The molecule has 2 rings (SSSR count). The van der Waals surface area contributed by atoms with Crippen LogP contribution in [-0.4, -0.2) is 10.6 Å². The number of aromatic hydroxyl groups is 1. The van der Waals surface area contributed by atoms with E-state index in [4.69, 9.17) is 5.73 Å². The zero-order valence-electron chi connectivity index (χ0n) is 8.80. The van der Waals surface area contributed by atoms with Gasteiger partial charge >= 0.3 is 0 Å². The summed E-state index contributed by atoms with van der Waals surface area (Å²) in [7, 11) is 0. The highest BCUT2D eigenvalue weighted by Gasteiger charge is 2.39. The van der Waals surface area contributed by atoms with Crippen LogP contribution in [0.25, 0.3) is 0 Å². The van der Waals surface area contributed by atoms with Crippen molar-refractivity contribution in [1.29, 1.82) is 0 Å². The van der Waals surface area contributed by atoms with Gasteiger partial charge in [-0.1, -0.05) is 6.07 Å². The van der Waals surface area contributed by atoms with E-state index in [1.165, 1.54) is 11.1 Å². The fourth-order valence-corrected chi connectivity index (χ4v) is 1.77. The lowest BCUT2D eigenvalue weighted by Gasteiger charge is -2.14. The molecule has 0 unspecified atom stereocenters. The van der Waals surface area contributed by atoms with Crippen LogP contribution >= 0.6 is 0 Å². The average molecular weight is 191 g/mol. The zero-order valence-corrected chi connectivity index (χ0v) is 8.80. The fourth-order valence-electron chi connectivity index (χ4n) is 1.77. The first-order chi connectivity index (χ1) is 6.52. The Morgan fingerprint density at radius 1 is 1.36 bits per heavy atom. The summed E-state index contributed by atoms with van der Waals surface area (Å²) in [5, 5.41) is 9.75. The Kier molecular flexibility index (Phi) is 2.04. The van der Waals surface area contributed by atoms with Crippen molar-refractivity contribution in [2.45, 2.75) is 38.6 Å². The molecule has 1 aliphatic rings. The monoisotopic (exact) mass is 191 g/mol. The number of benzene rings is 1. The summed E-state index contributed by atoms with van der Waals surface area (Å²) in [5.74, 6) is 0.393. The maximum absolute atomic E-state index is 9.75. The van der Waals surface area contributed by atoms with E-state index in [2.05, 4.69) is 13.8 Å². The van der Waals surface area contributed by atoms with Gasteiger partial charge in [0.1, 0.15) is 5.75 Å². The van der Waals surface area contributed by atoms with Crippen LogP contribution in [0.1, 0.15) is 29.5 Å². The Morgan fingerprint density at radius 2 is 2.00 bits per heavy atom. The molecule has 0 saturated heterocycles. The van der Waals surface area contributed by atoms with Crippen molar-refractivity contribution in [2.75, 3.05) is 0 Å². The van der Waals surface area contributed by atoms with E-state index in [0.717, 1.165) is 24.8 Å². The van der Waals surface area contributed by atoms with Crippen LogP contribution in [0.4, 0.5) is 0 Å². The van der Waals surface area contributed by atoms with Crippen LogP contribution in [-0.2, 0) is 6.42 Å². The van der Waals surface area contributed by atoms with Gasteiger partial charge in [0.2, 0.25) is 0 Å². The second-order valence-electron chi connectivity index (χ2n) is 4.54. The predicted octanol–water partition coefficient (Wildman–Crippen LogP) is 2.04. The van der Waals surface area contributed by atoms with Crippen molar-refractivity contribution in [3.05, 3.63) is 28.8 Å². The molecule has 14 heavy (non-hydrogen) atoms. The predicted molar refractivity (Wildman–Crippen MR) is 57.4 cm³/mol. The maximum atomic E-state index is 9.75. The van der Waals surface area contributed by atoms with Gasteiger partial charge in [-0.2, -0.15) is 0 Å². The van der Waals surface area contributed by atoms with Crippen molar-refractivity contribution in [3.8, 4) is 5.75 Å². The molecule has 1 aromatic carbocycles. The van der Waals surface area contributed by atoms with Crippen molar-refractivity contribution in [3.63, 3.8) is 0 Å². The zero-order chi connectivity index (χ0) is 10.3. The normalized spacial score (nSPS) is 18.2. The van der Waals surface area contributed by atoms with Gasteiger partial charge in [0.15, 0.2) is 0 Å². The van der Waals surface area contributed by atoms with Crippen LogP contribution in [0.2, 0.25) is 0 Å². The molecule has 1 fully saturated rings. The van der Waals surface area contributed by atoms with Gasteiger partial charge < -0.3 is 10.8 Å². The molecule has 0 aromatic heterocycles. The van der Waals surface area contributed by atoms with Gasteiger partial charge in [0.05, 0.1) is 0 Å². The van der Waals surface area contributed by atoms with E-state index >= 15 is 0 Å². The first-order valence-corrected chi connectivity index (χ1v) is 5.09. The number of hydrogen-bond acceptors (Lipinski definition) is 2. The van der Waals surface area contributed by atoms with Gasteiger partial charge in [-0.05, 0) is 55.9 Å². The quantitative estimate of drug-likeness (QED) is 0.751. The Balaban J connectivity index is 2.35. The highest BCUT2D eigenvalue weighted by Crippen LogP contribution is 2.38. The SMILES string of the molecule is Cc1ccc(O)c(CC2(N)CC2)c1C. The molecule has 2 heteroatoms. The molecule has 0 radical (unpaired) electrons. The van der Waals surface area contributed by atoms with Crippen molar-refractivity contribution in [2.24, 2.45) is 5.73 Å². The molecule has 1 aliphatic carbocycles. The van der Waals surface area contributed by atoms with E-state index in [1.54, 1.807) is 6.07 Å². The van der Waals surface area contributed by atoms with Gasteiger partial charge in [-0.15, -0.1) is 0 Å².